The van der Waals surface area contributed by atoms with Gasteiger partial charge >= 0.3 is 0 Å². The maximum absolute atomic E-state index is 13.0. The zero-order chi connectivity index (χ0) is 20.4. The highest BCUT2D eigenvalue weighted by Gasteiger charge is 2.26. The third-order valence-corrected chi connectivity index (χ3v) is 6.21. The molecule has 1 amide bonds. The van der Waals surface area contributed by atoms with Crippen LogP contribution in [-0.2, 0) is 21.2 Å². The number of hydrazone groups is 1. The van der Waals surface area contributed by atoms with Crippen LogP contribution in [0.5, 0.6) is 0 Å². The number of carbonyl (C=O) groups is 1. The van der Waals surface area contributed by atoms with E-state index in [1.807, 2.05) is 44.2 Å². The molecule has 2 rings (SSSR count). The van der Waals surface area contributed by atoms with E-state index in [0.29, 0.717) is 6.42 Å². The summed E-state index contributed by atoms with van der Waals surface area (Å²) >= 11 is 0. The van der Waals surface area contributed by atoms with Crippen LogP contribution in [-0.4, -0.2) is 37.4 Å². The van der Waals surface area contributed by atoms with Gasteiger partial charge < -0.3 is 0 Å². The Balaban J connectivity index is 2.18. The number of rotatable bonds is 10. The predicted molar refractivity (Wildman–Crippen MR) is 112 cm³/mol. The molecule has 0 saturated carbocycles. The molecule has 0 bridgehead atoms. The van der Waals surface area contributed by atoms with Crippen LogP contribution in [0, 0.1) is 0 Å². The second-order valence-corrected chi connectivity index (χ2v) is 8.25. The van der Waals surface area contributed by atoms with E-state index in [9.17, 15) is 13.2 Å². The summed E-state index contributed by atoms with van der Waals surface area (Å²) in [5.41, 5.74) is 4.34. The van der Waals surface area contributed by atoms with Crippen molar-refractivity contribution in [3.8, 4) is 0 Å². The van der Waals surface area contributed by atoms with Crippen LogP contribution in [0.15, 0.2) is 70.7 Å². The highest BCUT2D eigenvalue weighted by atomic mass is 32.2. The quantitative estimate of drug-likeness (QED) is 0.490. The number of sulfonamides is 1. The lowest BCUT2D eigenvalue weighted by molar-refractivity contribution is -0.121. The molecule has 28 heavy (non-hydrogen) atoms. The molecule has 150 valence electrons. The SMILES string of the molecule is CCC(CC)=NNC(=O)CN(CCc1ccccc1)S(=O)(=O)c1ccccc1. The Morgan fingerprint density at radius 2 is 1.54 bits per heavy atom. The Hall–Kier alpha value is -2.51. The van der Waals surface area contributed by atoms with Crippen molar-refractivity contribution in [3.05, 3.63) is 66.2 Å². The Morgan fingerprint density at radius 3 is 2.11 bits per heavy atom. The molecule has 0 aromatic heterocycles. The lowest BCUT2D eigenvalue weighted by atomic mass is 10.1. The lowest BCUT2D eigenvalue weighted by Gasteiger charge is -2.21. The highest BCUT2D eigenvalue weighted by molar-refractivity contribution is 7.89. The number of nitrogens with zero attached hydrogens (tertiary/aromatic N) is 2. The minimum absolute atomic E-state index is 0.169. The first-order chi connectivity index (χ1) is 13.5. The van der Waals surface area contributed by atoms with E-state index in [1.54, 1.807) is 18.2 Å². The van der Waals surface area contributed by atoms with Gasteiger partial charge in [0.05, 0.1) is 11.4 Å². The van der Waals surface area contributed by atoms with Gasteiger partial charge in [-0.1, -0.05) is 62.4 Å². The van der Waals surface area contributed by atoms with E-state index in [0.717, 1.165) is 24.1 Å². The highest BCUT2D eigenvalue weighted by Crippen LogP contribution is 2.16. The van der Waals surface area contributed by atoms with Gasteiger partial charge in [-0.2, -0.15) is 9.41 Å². The molecule has 0 heterocycles. The number of hydrogen-bond acceptors (Lipinski definition) is 4. The smallest absolute Gasteiger partial charge is 0.255 e. The number of hydrogen-bond donors (Lipinski definition) is 1. The third-order valence-electron chi connectivity index (χ3n) is 4.35. The van der Waals surface area contributed by atoms with Gasteiger partial charge in [0.15, 0.2) is 0 Å². The first-order valence-electron chi connectivity index (χ1n) is 9.40. The fourth-order valence-electron chi connectivity index (χ4n) is 2.67. The molecule has 1 N–H and O–H groups in total. The van der Waals surface area contributed by atoms with Crippen molar-refractivity contribution >= 4 is 21.6 Å². The molecular formula is C21H27N3O3S. The Bertz CT molecular complexity index is 876. The van der Waals surface area contributed by atoms with Crippen LogP contribution >= 0.6 is 0 Å². The summed E-state index contributed by atoms with van der Waals surface area (Å²) in [5.74, 6) is -0.452. The van der Waals surface area contributed by atoms with Gasteiger partial charge in [0.2, 0.25) is 10.0 Å². The summed E-state index contributed by atoms with van der Waals surface area (Å²) in [6, 6.07) is 17.8. The zero-order valence-electron chi connectivity index (χ0n) is 16.3. The fourth-order valence-corrected chi connectivity index (χ4v) is 4.09. The summed E-state index contributed by atoms with van der Waals surface area (Å²) in [4.78, 5) is 12.5. The van der Waals surface area contributed by atoms with Crippen molar-refractivity contribution in [1.82, 2.24) is 9.73 Å². The molecule has 0 saturated heterocycles. The summed E-state index contributed by atoms with van der Waals surface area (Å²) in [6.45, 7) is 3.84. The molecule has 0 radical (unpaired) electrons. The van der Waals surface area contributed by atoms with Gasteiger partial charge in [-0.15, -0.1) is 0 Å². The molecule has 0 aliphatic carbocycles. The van der Waals surface area contributed by atoms with E-state index in [1.165, 1.54) is 16.4 Å². The maximum Gasteiger partial charge on any atom is 0.255 e. The second-order valence-electron chi connectivity index (χ2n) is 6.31. The van der Waals surface area contributed by atoms with E-state index >= 15 is 0 Å². The minimum atomic E-state index is -3.79. The molecule has 2 aromatic rings. The second kappa shape index (κ2) is 10.7. The van der Waals surface area contributed by atoms with Gasteiger partial charge in [-0.05, 0) is 37.0 Å². The van der Waals surface area contributed by atoms with E-state index < -0.39 is 15.9 Å². The first-order valence-corrected chi connectivity index (χ1v) is 10.8. The standard InChI is InChI=1S/C21H27N3O3S/c1-3-19(4-2)22-23-21(25)17-24(16-15-18-11-7-5-8-12-18)28(26,27)20-13-9-6-10-14-20/h5-14H,3-4,15-17H2,1-2H3,(H,23,25). The van der Waals surface area contributed by atoms with Gasteiger partial charge in [0, 0.05) is 12.3 Å². The first kappa shape index (κ1) is 21.8. The van der Waals surface area contributed by atoms with Crippen LogP contribution < -0.4 is 5.43 Å². The van der Waals surface area contributed by atoms with Gasteiger partial charge in [0.25, 0.3) is 5.91 Å². The van der Waals surface area contributed by atoms with Gasteiger partial charge in [-0.25, -0.2) is 13.8 Å². The van der Waals surface area contributed by atoms with Crippen LogP contribution in [0.25, 0.3) is 0 Å². The number of amides is 1. The molecule has 0 unspecified atom stereocenters. The maximum atomic E-state index is 13.0. The van der Waals surface area contributed by atoms with Crippen molar-refractivity contribution in [2.24, 2.45) is 5.10 Å². The monoisotopic (exact) mass is 401 g/mol. The number of benzene rings is 2. The van der Waals surface area contributed by atoms with Crippen molar-refractivity contribution in [2.45, 2.75) is 38.0 Å². The zero-order valence-corrected chi connectivity index (χ0v) is 17.2. The Kier molecular flexibility index (Phi) is 8.35. The number of carbonyl (C=O) groups excluding carboxylic acids is 1. The van der Waals surface area contributed by atoms with Crippen LogP contribution in [0.2, 0.25) is 0 Å². The molecule has 0 fully saturated rings. The topological polar surface area (TPSA) is 78.8 Å². The fraction of sp³-hybridized carbons (Fsp3) is 0.333. The molecule has 0 atom stereocenters. The summed E-state index contributed by atoms with van der Waals surface area (Å²) in [5, 5.41) is 4.08. The molecule has 6 nitrogen and oxygen atoms in total. The molecule has 7 heteroatoms. The van der Waals surface area contributed by atoms with Gasteiger partial charge in [0.1, 0.15) is 0 Å². The Morgan fingerprint density at radius 1 is 0.964 bits per heavy atom. The molecule has 0 aliphatic heterocycles. The van der Waals surface area contributed by atoms with Crippen LogP contribution in [0.4, 0.5) is 0 Å². The van der Waals surface area contributed by atoms with Crippen molar-refractivity contribution in [3.63, 3.8) is 0 Å². The summed E-state index contributed by atoms with van der Waals surface area (Å²) < 4.78 is 27.3. The summed E-state index contributed by atoms with van der Waals surface area (Å²) in [7, 11) is -3.79. The van der Waals surface area contributed by atoms with E-state index in [4.69, 9.17) is 0 Å². The molecule has 0 aliphatic rings. The minimum Gasteiger partial charge on any atom is -0.272 e. The van der Waals surface area contributed by atoms with E-state index in [2.05, 4.69) is 10.5 Å². The molecule has 0 spiro atoms. The van der Waals surface area contributed by atoms with Crippen molar-refractivity contribution in [1.29, 1.82) is 0 Å². The predicted octanol–water partition coefficient (Wildman–Crippen LogP) is 3.21. The molecule has 2 aromatic carbocycles. The van der Waals surface area contributed by atoms with Gasteiger partial charge in [-0.3, -0.25) is 4.79 Å². The Labute approximate surface area is 167 Å². The summed E-state index contributed by atoms with van der Waals surface area (Å²) in [6.07, 6.45) is 1.98. The van der Waals surface area contributed by atoms with Crippen molar-refractivity contribution in [2.75, 3.05) is 13.1 Å². The molecular weight excluding hydrogens is 374 g/mol. The van der Waals surface area contributed by atoms with E-state index in [-0.39, 0.29) is 18.0 Å². The largest absolute Gasteiger partial charge is 0.272 e. The average Bonchev–Trinajstić information content (AvgIpc) is 2.73. The average molecular weight is 402 g/mol. The van der Waals surface area contributed by atoms with Crippen molar-refractivity contribution < 1.29 is 13.2 Å². The number of nitrogens with one attached hydrogen (secondary N) is 1. The lowest BCUT2D eigenvalue weighted by Crippen LogP contribution is -2.40. The normalized spacial score (nSPS) is 11.2. The van der Waals surface area contributed by atoms with Crippen LogP contribution in [0.1, 0.15) is 32.3 Å². The third kappa shape index (κ3) is 6.28. The van der Waals surface area contributed by atoms with Crippen LogP contribution in [0.3, 0.4) is 0 Å².